The van der Waals surface area contributed by atoms with Crippen LogP contribution in [0.1, 0.15) is 39.2 Å². The van der Waals surface area contributed by atoms with E-state index in [2.05, 4.69) is 20.8 Å². The number of aldehydes is 1. The summed E-state index contributed by atoms with van der Waals surface area (Å²) < 4.78 is 17.3. The minimum Gasteiger partial charge on any atom is -0.497 e. The van der Waals surface area contributed by atoms with E-state index in [0.29, 0.717) is 19.6 Å². The summed E-state index contributed by atoms with van der Waals surface area (Å²) in [4.78, 5) is 11.0. The van der Waals surface area contributed by atoms with Gasteiger partial charge in [-0.25, -0.2) is 0 Å². The number of hydrogen-bond donors (Lipinski definition) is 0. The van der Waals surface area contributed by atoms with Gasteiger partial charge >= 0.3 is 0 Å². The topological polar surface area (TPSA) is 44.8 Å². The highest BCUT2D eigenvalue weighted by Crippen LogP contribution is 2.25. The van der Waals surface area contributed by atoms with Gasteiger partial charge in [0.15, 0.2) is 8.32 Å². The van der Waals surface area contributed by atoms with Crippen molar-refractivity contribution in [3.8, 4) is 5.75 Å². The van der Waals surface area contributed by atoms with Gasteiger partial charge in [0.1, 0.15) is 12.0 Å². The Kier molecular flexibility index (Phi) is 9.91. The van der Waals surface area contributed by atoms with Crippen molar-refractivity contribution in [1.82, 2.24) is 0 Å². The average molecular weight is 353 g/mol. The Hall–Kier alpha value is -1.17. The Morgan fingerprint density at radius 3 is 2.21 bits per heavy atom. The molecular weight excluding hydrogens is 320 g/mol. The van der Waals surface area contributed by atoms with Crippen LogP contribution in [0.15, 0.2) is 24.3 Å². The molecule has 0 aliphatic heterocycles. The Bertz CT molecular complexity index is 449. The zero-order valence-electron chi connectivity index (χ0n) is 15.5. The molecule has 0 aliphatic carbocycles. The molecule has 1 aromatic carbocycles. The van der Waals surface area contributed by atoms with Crippen LogP contribution < -0.4 is 4.74 Å². The molecule has 0 aromatic heterocycles. The van der Waals surface area contributed by atoms with Crippen LogP contribution in [0.4, 0.5) is 0 Å². The highest BCUT2D eigenvalue weighted by atomic mass is 28.4. The van der Waals surface area contributed by atoms with Gasteiger partial charge in [0.25, 0.3) is 0 Å². The number of rotatable bonds is 13. The predicted molar refractivity (Wildman–Crippen MR) is 100 cm³/mol. The van der Waals surface area contributed by atoms with E-state index in [4.69, 9.17) is 13.9 Å². The summed E-state index contributed by atoms with van der Waals surface area (Å²) in [6.07, 6.45) is 2.18. The summed E-state index contributed by atoms with van der Waals surface area (Å²) in [5.41, 5.74) is 1.11. The summed E-state index contributed by atoms with van der Waals surface area (Å²) in [7, 11) is -0.0231. The van der Waals surface area contributed by atoms with E-state index in [1.165, 1.54) is 0 Å². The maximum Gasteiger partial charge on any atom is 0.192 e. The van der Waals surface area contributed by atoms with Crippen molar-refractivity contribution in [3.05, 3.63) is 29.8 Å². The quantitative estimate of drug-likeness (QED) is 0.296. The molecule has 136 valence electrons. The van der Waals surface area contributed by atoms with Gasteiger partial charge in [-0.2, -0.15) is 0 Å². The van der Waals surface area contributed by atoms with Crippen molar-refractivity contribution < 1.29 is 18.7 Å². The Balaban J connectivity index is 2.43. The van der Waals surface area contributed by atoms with Crippen LogP contribution in [-0.2, 0) is 20.6 Å². The van der Waals surface area contributed by atoms with Gasteiger partial charge in [-0.15, -0.1) is 0 Å². The molecule has 0 unspecified atom stereocenters. The van der Waals surface area contributed by atoms with Crippen LogP contribution in [0.2, 0.25) is 18.1 Å². The molecule has 1 atom stereocenters. The molecule has 0 saturated carbocycles. The summed E-state index contributed by atoms with van der Waals surface area (Å²) in [5.74, 6) is 0.846. The lowest BCUT2D eigenvalue weighted by Gasteiger charge is -2.32. The second-order valence-electron chi connectivity index (χ2n) is 6.08. The van der Waals surface area contributed by atoms with Crippen molar-refractivity contribution >= 4 is 14.6 Å². The average Bonchev–Trinajstić information content (AvgIpc) is 2.63. The van der Waals surface area contributed by atoms with Crippen molar-refractivity contribution in [3.63, 3.8) is 0 Å². The van der Waals surface area contributed by atoms with Gasteiger partial charge in [-0.05, 0) is 42.2 Å². The number of hydrogen-bond acceptors (Lipinski definition) is 4. The summed E-state index contributed by atoms with van der Waals surface area (Å²) in [6.45, 7) is 7.79. The largest absolute Gasteiger partial charge is 0.497 e. The molecule has 0 saturated heterocycles. The first kappa shape index (κ1) is 20.9. The second kappa shape index (κ2) is 11.4. The number of ether oxygens (including phenoxy) is 2. The van der Waals surface area contributed by atoms with Crippen LogP contribution >= 0.6 is 0 Å². The third-order valence-electron chi connectivity index (χ3n) is 4.72. The third-order valence-corrected chi connectivity index (χ3v) is 9.42. The van der Waals surface area contributed by atoms with Crippen LogP contribution in [0.5, 0.6) is 5.75 Å². The first-order valence-electron chi connectivity index (χ1n) is 8.95. The Morgan fingerprint density at radius 1 is 1.08 bits per heavy atom. The van der Waals surface area contributed by atoms with Crippen molar-refractivity contribution in [1.29, 1.82) is 0 Å². The fourth-order valence-electron chi connectivity index (χ4n) is 2.81. The van der Waals surface area contributed by atoms with Crippen molar-refractivity contribution in [2.24, 2.45) is 0 Å². The van der Waals surface area contributed by atoms with Gasteiger partial charge in [0, 0.05) is 13.0 Å². The molecule has 0 spiro atoms. The summed E-state index contributed by atoms with van der Waals surface area (Å²) >= 11 is 0. The Labute approximate surface area is 147 Å². The standard InChI is InChI=1S/C19H32O4Si/c1-5-24(6-2,7-3)23-19(12-14-20)13-15-22-16-17-8-10-18(21-4)11-9-17/h8-11,14,19H,5-7,12-13,15-16H2,1-4H3/t19-/m1/s1. The fraction of sp³-hybridized carbons (Fsp3) is 0.632. The van der Waals surface area contributed by atoms with Crippen molar-refractivity contribution in [2.75, 3.05) is 13.7 Å². The number of carbonyl (C=O) groups excluding carboxylic acids is 1. The van der Waals surface area contributed by atoms with Gasteiger partial charge in [-0.1, -0.05) is 32.9 Å². The molecule has 0 N–H and O–H groups in total. The van der Waals surface area contributed by atoms with E-state index >= 15 is 0 Å². The van der Waals surface area contributed by atoms with Crippen LogP contribution in [0.25, 0.3) is 0 Å². The zero-order chi connectivity index (χ0) is 17.8. The SMILES string of the molecule is CC[Si](CC)(CC)O[C@H](CC=O)CCOCc1ccc(OC)cc1. The lowest BCUT2D eigenvalue weighted by atomic mass is 10.2. The van der Waals surface area contributed by atoms with Gasteiger partial charge in [-0.3, -0.25) is 0 Å². The molecule has 0 amide bonds. The lowest BCUT2D eigenvalue weighted by Crippen LogP contribution is -2.40. The summed E-state index contributed by atoms with van der Waals surface area (Å²) in [5, 5.41) is 0. The predicted octanol–water partition coefficient (Wildman–Crippen LogP) is 4.58. The molecule has 0 aliphatic rings. The number of carbonyl (C=O) groups is 1. The van der Waals surface area contributed by atoms with Crippen LogP contribution in [0, 0.1) is 0 Å². The molecular formula is C19H32O4Si. The Morgan fingerprint density at radius 2 is 1.71 bits per heavy atom. The molecule has 1 aromatic rings. The van der Waals surface area contributed by atoms with E-state index < -0.39 is 8.32 Å². The minimum atomic E-state index is -1.68. The zero-order valence-corrected chi connectivity index (χ0v) is 16.5. The molecule has 0 fully saturated rings. The first-order chi connectivity index (χ1) is 11.6. The van der Waals surface area contributed by atoms with Crippen LogP contribution in [-0.4, -0.2) is 34.4 Å². The normalized spacial score (nSPS) is 12.8. The first-order valence-corrected chi connectivity index (χ1v) is 11.5. The van der Waals surface area contributed by atoms with Gasteiger partial charge < -0.3 is 18.7 Å². The lowest BCUT2D eigenvalue weighted by molar-refractivity contribution is -0.109. The molecule has 0 bridgehead atoms. The highest BCUT2D eigenvalue weighted by molar-refractivity contribution is 6.73. The maximum atomic E-state index is 11.0. The number of benzene rings is 1. The molecule has 5 heteroatoms. The van der Waals surface area contributed by atoms with Gasteiger partial charge in [0.05, 0.1) is 19.8 Å². The molecule has 1 rings (SSSR count). The van der Waals surface area contributed by atoms with E-state index in [-0.39, 0.29) is 6.10 Å². The molecule has 4 nitrogen and oxygen atoms in total. The van der Waals surface area contributed by atoms with Crippen LogP contribution in [0.3, 0.4) is 0 Å². The van der Waals surface area contributed by atoms with E-state index in [0.717, 1.165) is 42.2 Å². The minimum absolute atomic E-state index is 0.00937. The smallest absolute Gasteiger partial charge is 0.192 e. The summed E-state index contributed by atoms with van der Waals surface area (Å²) in [6, 6.07) is 11.2. The van der Waals surface area contributed by atoms with Gasteiger partial charge in [0.2, 0.25) is 0 Å². The van der Waals surface area contributed by atoms with Crippen molar-refractivity contribution in [2.45, 2.75) is 64.5 Å². The van der Waals surface area contributed by atoms with E-state index in [1.54, 1.807) is 7.11 Å². The second-order valence-corrected chi connectivity index (χ2v) is 10.8. The number of methoxy groups -OCH3 is 1. The van der Waals surface area contributed by atoms with E-state index in [1.807, 2.05) is 24.3 Å². The fourth-order valence-corrected chi connectivity index (χ4v) is 5.73. The highest BCUT2D eigenvalue weighted by Gasteiger charge is 2.31. The monoisotopic (exact) mass is 352 g/mol. The molecule has 24 heavy (non-hydrogen) atoms. The third kappa shape index (κ3) is 6.75. The van der Waals surface area contributed by atoms with E-state index in [9.17, 15) is 4.79 Å². The maximum absolute atomic E-state index is 11.0. The molecule has 0 radical (unpaired) electrons. The molecule has 0 heterocycles.